The summed E-state index contributed by atoms with van der Waals surface area (Å²) in [4.78, 5) is 14.7. The van der Waals surface area contributed by atoms with E-state index in [-0.39, 0.29) is 17.8 Å². The zero-order valence-corrected chi connectivity index (χ0v) is 10.3. The molecule has 16 heavy (non-hydrogen) atoms. The molecule has 3 heterocycles. The number of hydrogen-bond donors (Lipinski definition) is 1. The van der Waals surface area contributed by atoms with Gasteiger partial charge in [0.05, 0.1) is 13.2 Å². The average Bonchev–Trinajstić information content (AvgIpc) is 2.27. The highest BCUT2D eigenvalue weighted by Gasteiger charge is 2.60. The summed E-state index contributed by atoms with van der Waals surface area (Å²) in [6.07, 6.45) is 0.901. The molecule has 3 aliphatic rings. The van der Waals surface area contributed by atoms with E-state index < -0.39 is 5.54 Å². The number of aliphatic hydroxyl groups excluding tert-OH is 1. The van der Waals surface area contributed by atoms with Crippen molar-refractivity contribution in [3.63, 3.8) is 0 Å². The molecule has 4 heteroatoms. The van der Waals surface area contributed by atoms with Crippen molar-refractivity contribution in [2.45, 2.75) is 25.8 Å². The highest BCUT2D eigenvalue weighted by molar-refractivity contribution is 5.95. The second-order valence-corrected chi connectivity index (χ2v) is 5.47. The van der Waals surface area contributed by atoms with E-state index in [9.17, 15) is 9.90 Å². The predicted molar refractivity (Wildman–Crippen MR) is 60.2 cm³/mol. The summed E-state index contributed by atoms with van der Waals surface area (Å²) < 4.78 is 5.16. The van der Waals surface area contributed by atoms with Crippen molar-refractivity contribution in [2.24, 2.45) is 11.3 Å². The smallest absolute Gasteiger partial charge is 0.164 e. The quantitative estimate of drug-likeness (QED) is 0.753. The van der Waals surface area contributed by atoms with Crippen molar-refractivity contribution in [3.8, 4) is 0 Å². The van der Waals surface area contributed by atoms with E-state index in [1.165, 1.54) is 0 Å². The van der Waals surface area contributed by atoms with Crippen molar-refractivity contribution < 1.29 is 14.6 Å². The SMILES string of the molecule is COC[C@@]1(CO)C(=O)[C@@]2(C)CCN1C[C@@H]2C. The van der Waals surface area contributed by atoms with Gasteiger partial charge in [0.1, 0.15) is 5.54 Å². The van der Waals surface area contributed by atoms with E-state index >= 15 is 0 Å². The molecule has 3 rings (SSSR count). The molecule has 3 saturated heterocycles. The van der Waals surface area contributed by atoms with Crippen LogP contribution in [0.4, 0.5) is 0 Å². The molecule has 0 saturated carbocycles. The van der Waals surface area contributed by atoms with Gasteiger partial charge >= 0.3 is 0 Å². The zero-order valence-electron chi connectivity index (χ0n) is 10.3. The Hall–Kier alpha value is -0.450. The lowest BCUT2D eigenvalue weighted by Crippen LogP contribution is -2.74. The van der Waals surface area contributed by atoms with Crippen molar-refractivity contribution >= 4 is 5.78 Å². The Bertz CT molecular complexity index is 307. The number of Topliss-reactive ketones (excluding diaryl/α,β-unsaturated/α-hetero) is 1. The molecular weight excluding hydrogens is 206 g/mol. The third-order valence-electron chi connectivity index (χ3n) is 4.67. The van der Waals surface area contributed by atoms with Crippen LogP contribution in [0.5, 0.6) is 0 Å². The van der Waals surface area contributed by atoms with Gasteiger partial charge in [0.25, 0.3) is 0 Å². The Labute approximate surface area is 96.6 Å². The lowest BCUT2D eigenvalue weighted by Gasteiger charge is -2.59. The van der Waals surface area contributed by atoms with Crippen LogP contribution >= 0.6 is 0 Å². The minimum Gasteiger partial charge on any atom is -0.394 e. The van der Waals surface area contributed by atoms with E-state index in [4.69, 9.17) is 4.74 Å². The largest absolute Gasteiger partial charge is 0.394 e. The number of ether oxygens (including phenoxy) is 1. The average molecular weight is 227 g/mol. The molecule has 3 aliphatic heterocycles. The van der Waals surface area contributed by atoms with Gasteiger partial charge in [-0.05, 0) is 12.3 Å². The maximum Gasteiger partial charge on any atom is 0.164 e. The monoisotopic (exact) mass is 227 g/mol. The van der Waals surface area contributed by atoms with Gasteiger partial charge in [-0.1, -0.05) is 13.8 Å². The maximum absolute atomic E-state index is 12.6. The Balaban J connectivity index is 2.39. The van der Waals surface area contributed by atoms with E-state index in [0.29, 0.717) is 12.5 Å². The second-order valence-electron chi connectivity index (χ2n) is 5.47. The predicted octanol–water partition coefficient (Wildman–Crippen LogP) is 0.295. The van der Waals surface area contributed by atoms with Crippen molar-refractivity contribution in [1.29, 1.82) is 0 Å². The molecule has 0 aromatic rings. The van der Waals surface area contributed by atoms with Gasteiger partial charge in [0.15, 0.2) is 5.78 Å². The number of carbonyl (C=O) groups excluding carboxylic acids is 1. The van der Waals surface area contributed by atoms with Crippen molar-refractivity contribution in [1.82, 2.24) is 4.90 Å². The van der Waals surface area contributed by atoms with Crippen molar-refractivity contribution in [3.05, 3.63) is 0 Å². The van der Waals surface area contributed by atoms with Gasteiger partial charge in [-0.3, -0.25) is 9.69 Å². The topological polar surface area (TPSA) is 49.8 Å². The summed E-state index contributed by atoms with van der Waals surface area (Å²) in [5.41, 5.74) is -1.07. The Morgan fingerprint density at radius 1 is 1.62 bits per heavy atom. The Kier molecular flexibility index (Phi) is 2.85. The number of aliphatic hydroxyl groups is 1. The summed E-state index contributed by atoms with van der Waals surface area (Å²) in [5, 5.41) is 9.62. The molecule has 4 nitrogen and oxygen atoms in total. The van der Waals surface area contributed by atoms with Crippen LogP contribution < -0.4 is 0 Å². The van der Waals surface area contributed by atoms with Gasteiger partial charge < -0.3 is 9.84 Å². The number of nitrogens with zero attached hydrogens (tertiary/aromatic N) is 1. The van der Waals surface area contributed by atoms with Crippen LogP contribution in [-0.2, 0) is 9.53 Å². The third kappa shape index (κ3) is 1.30. The Morgan fingerprint density at radius 2 is 2.31 bits per heavy atom. The van der Waals surface area contributed by atoms with E-state index in [1.54, 1.807) is 7.11 Å². The summed E-state index contributed by atoms with van der Waals surface area (Å²) in [6, 6.07) is 0. The fourth-order valence-corrected chi connectivity index (χ4v) is 3.25. The molecular formula is C12H21NO3. The first kappa shape index (κ1) is 12.0. The number of hydrogen-bond acceptors (Lipinski definition) is 4. The van der Waals surface area contributed by atoms with Crippen LogP contribution in [0.25, 0.3) is 0 Å². The molecule has 0 aromatic heterocycles. The van der Waals surface area contributed by atoms with Gasteiger partial charge in [0.2, 0.25) is 0 Å². The molecule has 0 amide bonds. The first-order chi connectivity index (χ1) is 7.51. The van der Waals surface area contributed by atoms with Gasteiger partial charge in [0, 0.05) is 25.6 Å². The van der Waals surface area contributed by atoms with Crippen LogP contribution in [0.1, 0.15) is 20.3 Å². The highest BCUT2D eigenvalue weighted by atomic mass is 16.5. The third-order valence-corrected chi connectivity index (χ3v) is 4.67. The van der Waals surface area contributed by atoms with Crippen LogP contribution in [0.3, 0.4) is 0 Å². The molecule has 3 fully saturated rings. The summed E-state index contributed by atoms with van der Waals surface area (Å²) in [6.45, 7) is 6.09. The standard InChI is InChI=1S/C12H21NO3/c1-9-6-13-5-4-11(9,2)10(15)12(13,7-14)8-16-3/h9,14H,4-8H2,1-3H3/t9-,11-,12-/m0/s1. The summed E-state index contributed by atoms with van der Waals surface area (Å²) in [7, 11) is 1.58. The normalized spacial score (nSPS) is 47.4. The van der Waals surface area contributed by atoms with Crippen LogP contribution in [0.15, 0.2) is 0 Å². The number of ketones is 1. The molecule has 92 valence electrons. The number of fused-ring (bicyclic) bond motifs is 3. The lowest BCUT2D eigenvalue weighted by atomic mass is 9.59. The number of piperidine rings is 3. The van der Waals surface area contributed by atoms with Crippen molar-refractivity contribution in [2.75, 3.05) is 33.4 Å². The zero-order chi connectivity index (χ0) is 12.0. The van der Waals surface area contributed by atoms with Crippen LogP contribution in [0.2, 0.25) is 0 Å². The summed E-state index contributed by atoms with van der Waals surface area (Å²) >= 11 is 0. The van der Waals surface area contributed by atoms with E-state index in [0.717, 1.165) is 19.5 Å². The molecule has 1 unspecified atom stereocenters. The molecule has 0 aromatic carbocycles. The van der Waals surface area contributed by atoms with Gasteiger partial charge in [-0.2, -0.15) is 0 Å². The lowest BCUT2D eigenvalue weighted by molar-refractivity contribution is -0.177. The fourth-order valence-electron chi connectivity index (χ4n) is 3.25. The number of rotatable bonds is 3. The highest BCUT2D eigenvalue weighted by Crippen LogP contribution is 2.48. The summed E-state index contributed by atoms with van der Waals surface area (Å²) in [5.74, 6) is 0.527. The molecule has 0 aliphatic carbocycles. The van der Waals surface area contributed by atoms with Gasteiger partial charge in [-0.15, -0.1) is 0 Å². The molecule has 4 atom stereocenters. The second kappa shape index (κ2) is 3.79. The molecule has 0 spiro atoms. The molecule has 2 bridgehead atoms. The molecule has 1 N–H and O–H groups in total. The number of carbonyl (C=O) groups is 1. The van der Waals surface area contributed by atoms with Crippen LogP contribution in [0, 0.1) is 11.3 Å². The van der Waals surface area contributed by atoms with Crippen LogP contribution in [-0.4, -0.2) is 54.7 Å². The maximum atomic E-state index is 12.6. The minimum absolute atomic E-state index is 0.137. The molecule has 0 radical (unpaired) electrons. The minimum atomic E-state index is -0.783. The fraction of sp³-hybridized carbons (Fsp3) is 0.917. The first-order valence-electron chi connectivity index (χ1n) is 5.91. The van der Waals surface area contributed by atoms with E-state index in [1.807, 2.05) is 6.92 Å². The first-order valence-corrected chi connectivity index (χ1v) is 5.91. The van der Waals surface area contributed by atoms with Gasteiger partial charge in [-0.25, -0.2) is 0 Å². The Morgan fingerprint density at radius 3 is 2.81 bits per heavy atom. The van der Waals surface area contributed by atoms with E-state index in [2.05, 4.69) is 11.8 Å². The number of methoxy groups -OCH3 is 1.